The average Bonchev–Trinajstić information content (AvgIpc) is 2.35. The summed E-state index contributed by atoms with van der Waals surface area (Å²) in [5.74, 6) is 1.49. The summed E-state index contributed by atoms with van der Waals surface area (Å²) in [7, 11) is -1.99. The standard InChI is InChI=1S/C14H27NO4S/c1-11-8-12(2)10-13(9-11)4-6-19-14(16)5-7-20(17,18)15-3/h11-13,15H,4-10H2,1-3H3/t11-,12+,13?. The first-order valence-corrected chi connectivity index (χ1v) is 9.04. The lowest BCUT2D eigenvalue weighted by molar-refractivity contribution is -0.143. The van der Waals surface area contributed by atoms with E-state index in [1.165, 1.54) is 26.3 Å². The maximum Gasteiger partial charge on any atom is 0.306 e. The number of sulfonamides is 1. The van der Waals surface area contributed by atoms with Crippen molar-refractivity contribution in [1.82, 2.24) is 4.72 Å². The van der Waals surface area contributed by atoms with Crippen LogP contribution in [0.25, 0.3) is 0 Å². The van der Waals surface area contributed by atoms with Crippen LogP contribution in [0.15, 0.2) is 0 Å². The lowest BCUT2D eigenvalue weighted by Gasteiger charge is -2.31. The molecular weight excluding hydrogens is 278 g/mol. The van der Waals surface area contributed by atoms with Crippen molar-refractivity contribution in [3.8, 4) is 0 Å². The van der Waals surface area contributed by atoms with Gasteiger partial charge in [0, 0.05) is 0 Å². The van der Waals surface area contributed by atoms with Crippen molar-refractivity contribution in [3.05, 3.63) is 0 Å². The second-order valence-corrected chi connectivity index (χ2v) is 8.11. The van der Waals surface area contributed by atoms with Crippen LogP contribution in [0.2, 0.25) is 0 Å². The number of rotatable bonds is 7. The van der Waals surface area contributed by atoms with E-state index in [-0.39, 0.29) is 12.2 Å². The summed E-state index contributed by atoms with van der Waals surface area (Å²) in [5.41, 5.74) is 0. The van der Waals surface area contributed by atoms with Crippen molar-refractivity contribution in [3.63, 3.8) is 0 Å². The third-order valence-electron chi connectivity index (χ3n) is 3.95. The molecule has 0 aromatic rings. The van der Waals surface area contributed by atoms with E-state index in [1.807, 2.05) is 0 Å². The molecule has 1 aliphatic carbocycles. The number of hydrogen-bond donors (Lipinski definition) is 1. The van der Waals surface area contributed by atoms with Gasteiger partial charge in [-0.25, -0.2) is 13.1 Å². The summed E-state index contributed by atoms with van der Waals surface area (Å²) in [5, 5.41) is 0. The Morgan fingerprint density at radius 3 is 2.35 bits per heavy atom. The molecule has 0 aromatic carbocycles. The molecule has 0 spiro atoms. The first kappa shape index (κ1) is 17.4. The van der Waals surface area contributed by atoms with Gasteiger partial charge in [-0.05, 0) is 50.5 Å². The van der Waals surface area contributed by atoms with E-state index in [4.69, 9.17) is 4.74 Å². The summed E-state index contributed by atoms with van der Waals surface area (Å²) in [6.45, 7) is 4.96. The van der Waals surface area contributed by atoms with Gasteiger partial charge in [0.05, 0.1) is 18.8 Å². The van der Waals surface area contributed by atoms with Crippen molar-refractivity contribution in [1.29, 1.82) is 0 Å². The van der Waals surface area contributed by atoms with Gasteiger partial charge in [0.2, 0.25) is 10.0 Å². The van der Waals surface area contributed by atoms with E-state index >= 15 is 0 Å². The van der Waals surface area contributed by atoms with Crippen molar-refractivity contribution in [2.75, 3.05) is 19.4 Å². The van der Waals surface area contributed by atoms with Gasteiger partial charge >= 0.3 is 5.97 Å². The second-order valence-electron chi connectivity index (χ2n) is 6.07. The van der Waals surface area contributed by atoms with E-state index in [2.05, 4.69) is 18.6 Å². The van der Waals surface area contributed by atoms with Crippen LogP contribution in [-0.2, 0) is 19.6 Å². The Morgan fingerprint density at radius 2 is 1.80 bits per heavy atom. The number of esters is 1. The number of hydrogen-bond acceptors (Lipinski definition) is 4. The smallest absolute Gasteiger partial charge is 0.306 e. The highest BCUT2D eigenvalue weighted by molar-refractivity contribution is 7.89. The minimum atomic E-state index is -3.33. The van der Waals surface area contributed by atoms with Gasteiger partial charge in [-0.3, -0.25) is 4.79 Å². The predicted molar refractivity (Wildman–Crippen MR) is 78.7 cm³/mol. The van der Waals surface area contributed by atoms with Gasteiger partial charge in [0.1, 0.15) is 0 Å². The highest BCUT2D eigenvalue weighted by atomic mass is 32.2. The molecule has 0 saturated heterocycles. The van der Waals surface area contributed by atoms with Gasteiger partial charge in [0.25, 0.3) is 0 Å². The van der Waals surface area contributed by atoms with Crippen LogP contribution in [0.1, 0.15) is 46.0 Å². The molecule has 0 heterocycles. The minimum absolute atomic E-state index is 0.0827. The first-order chi connectivity index (χ1) is 9.32. The fraction of sp³-hybridized carbons (Fsp3) is 0.929. The summed E-state index contributed by atoms with van der Waals surface area (Å²) >= 11 is 0. The average molecular weight is 305 g/mol. The molecule has 1 unspecified atom stereocenters. The van der Waals surface area contributed by atoms with Crippen molar-refractivity contribution >= 4 is 16.0 Å². The molecule has 1 rings (SSSR count). The zero-order valence-electron chi connectivity index (χ0n) is 12.7. The minimum Gasteiger partial charge on any atom is -0.466 e. The van der Waals surface area contributed by atoms with E-state index in [9.17, 15) is 13.2 Å². The van der Waals surface area contributed by atoms with Crippen LogP contribution >= 0.6 is 0 Å². The number of nitrogens with one attached hydrogen (secondary N) is 1. The number of carbonyl (C=O) groups excluding carboxylic acids is 1. The van der Waals surface area contributed by atoms with Gasteiger partial charge in [-0.2, -0.15) is 0 Å². The van der Waals surface area contributed by atoms with Gasteiger partial charge in [-0.15, -0.1) is 0 Å². The van der Waals surface area contributed by atoms with Crippen LogP contribution in [0.5, 0.6) is 0 Å². The third kappa shape index (κ3) is 6.70. The van der Waals surface area contributed by atoms with E-state index in [0.29, 0.717) is 12.5 Å². The Labute approximate surface area is 122 Å². The Kier molecular flexibility index (Phi) is 6.95. The van der Waals surface area contributed by atoms with Crippen molar-refractivity contribution in [2.45, 2.75) is 46.0 Å². The second kappa shape index (κ2) is 7.98. The molecule has 0 aliphatic heterocycles. The molecule has 118 valence electrons. The third-order valence-corrected chi connectivity index (χ3v) is 5.31. The highest BCUT2D eigenvalue weighted by Crippen LogP contribution is 2.34. The van der Waals surface area contributed by atoms with Gasteiger partial charge in [-0.1, -0.05) is 13.8 Å². The number of carbonyl (C=O) groups is 1. The fourth-order valence-electron chi connectivity index (χ4n) is 3.08. The van der Waals surface area contributed by atoms with Crippen molar-refractivity contribution in [2.24, 2.45) is 17.8 Å². The largest absolute Gasteiger partial charge is 0.466 e. The van der Waals surface area contributed by atoms with Crippen LogP contribution in [0.4, 0.5) is 0 Å². The summed E-state index contributed by atoms with van der Waals surface area (Å²) in [6.07, 6.45) is 4.50. The molecule has 20 heavy (non-hydrogen) atoms. The molecule has 0 aromatic heterocycles. The normalized spacial score (nSPS) is 27.2. The fourth-order valence-corrected chi connectivity index (χ4v) is 3.72. The maximum absolute atomic E-state index is 11.5. The lowest BCUT2D eigenvalue weighted by atomic mass is 9.75. The van der Waals surface area contributed by atoms with E-state index in [1.54, 1.807) is 0 Å². The first-order valence-electron chi connectivity index (χ1n) is 7.39. The molecule has 3 atom stereocenters. The Balaban J connectivity index is 2.19. The summed E-state index contributed by atoms with van der Waals surface area (Å²) in [4.78, 5) is 11.5. The monoisotopic (exact) mass is 305 g/mol. The van der Waals surface area contributed by atoms with Crippen LogP contribution < -0.4 is 4.72 Å². The van der Waals surface area contributed by atoms with Crippen LogP contribution in [0.3, 0.4) is 0 Å². The quantitative estimate of drug-likeness (QED) is 0.730. The Hall–Kier alpha value is -0.620. The Bertz CT molecular complexity index is 397. The van der Waals surface area contributed by atoms with E-state index in [0.717, 1.165) is 18.3 Å². The van der Waals surface area contributed by atoms with Gasteiger partial charge in [0.15, 0.2) is 0 Å². The zero-order valence-corrected chi connectivity index (χ0v) is 13.5. The maximum atomic E-state index is 11.5. The molecule has 0 bridgehead atoms. The Morgan fingerprint density at radius 1 is 1.20 bits per heavy atom. The van der Waals surface area contributed by atoms with Crippen LogP contribution in [0, 0.1) is 17.8 Å². The summed E-state index contributed by atoms with van der Waals surface area (Å²) in [6, 6.07) is 0. The van der Waals surface area contributed by atoms with Gasteiger partial charge < -0.3 is 4.74 Å². The predicted octanol–water partition coefficient (Wildman–Crippen LogP) is 1.93. The number of ether oxygens (including phenoxy) is 1. The molecule has 1 aliphatic rings. The molecule has 1 saturated carbocycles. The molecule has 1 fully saturated rings. The highest BCUT2D eigenvalue weighted by Gasteiger charge is 2.23. The zero-order chi connectivity index (χ0) is 15.2. The van der Waals surface area contributed by atoms with Crippen molar-refractivity contribution < 1.29 is 17.9 Å². The molecular formula is C14H27NO4S. The molecule has 5 nitrogen and oxygen atoms in total. The molecule has 6 heteroatoms. The molecule has 0 amide bonds. The lowest BCUT2D eigenvalue weighted by Crippen LogP contribution is -2.24. The SMILES string of the molecule is CNS(=O)(=O)CCC(=O)OCCC1C[C@@H](C)C[C@@H](C)C1. The van der Waals surface area contributed by atoms with Crippen LogP contribution in [-0.4, -0.2) is 33.8 Å². The molecule has 1 N–H and O–H groups in total. The molecule has 0 radical (unpaired) electrons. The van der Waals surface area contributed by atoms with E-state index < -0.39 is 16.0 Å². The summed E-state index contributed by atoms with van der Waals surface area (Å²) < 4.78 is 29.7. The topological polar surface area (TPSA) is 72.5 Å².